The van der Waals surface area contributed by atoms with Gasteiger partial charge in [-0.25, -0.2) is 9.78 Å². The molecule has 0 aliphatic heterocycles. The highest BCUT2D eigenvalue weighted by Crippen LogP contribution is 2.10. The van der Waals surface area contributed by atoms with Gasteiger partial charge in [0, 0.05) is 17.6 Å². The number of benzene rings is 1. The molecule has 0 saturated heterocycles. The fourth-order valence-electron chi connectivity index (χ4n) is 2.06. The Morgan fingerprint density at radius 2 is 2.09 bits per heavy atom. The van der Waals surface area contributed by atoms with E-state index in [1.807, 2.05) is 12.1 Å². The minimum absolute atomic E-state index is 0.0159. The van der Waals surface area contributed by atoms with Crippen molar-refractivity contribution in [2.45, 2.75) is 20.0 Å². The number of hydrogen-bond donors (Lipinski definition) is 0. The summed E-state index contributed by atoms with van der Waals surface area (Å²) in [4.78, 5) is 28.7. The summed E-state index contributed by atoms with van der Waals surface area (Å²) in [6.45, 7) is 2.04. The molecule has 0 N–H and O–H groups in total. The van der Waals surface area contributed by atoms with Crippen LogP contribution in [0.15, 0.2) is 46.7 Å². The highest BCUT2D eigenvalue weighted by atomic mass is 32.1. The van der Waals surface area contributed by atoms with Crippen LogP contribution in [-0.2, 0) is 17.8 Å². The zero-order chi connectivity index (χ0) is 15.5. The SMILES string of the molecule is CCc1ccc(C(=O)OCc2cc(=O)n3ccsc3n2)cc1. The average Bonchev–Trinajstić information content (AvgIpc) is 3.02. The summed E-state index contributed by atoms with van der Waals surface area (Å²) in [5.41, 5.74) is 1.93. The smallest absolute Gasteiger partial charge is 0.338 e. The molecule has 2 heterocycles. The van der Waals surface area contributed by atoms with Crippen LogP contribution < -0.4 is 5.56 Å². The van der Waals surface area contributed by atoms with E-state index in [0.29, 0.717) is 16.2 Å². The monoisotopic (exact) mass is 314 g/mol. The third-order valence-corrected chi connectivity index (χ3v) is 4.06. The summed E-state index contributed by atoms with van der Waals surface area (Å²) in [7, 11) is 0. The molecule has 3 rings (SSSR count). The van der Waals surface area contributed by atoms with E-state index in [2.05, 4.69) is 11.9 Å². The summed E-state index contributed by atoms with van der Waals surface area (Å²) in [5, 5.41) is 1.79. The van der Waals surface area contributed by atoms with Crippen molar-refractivity contribution < 1.29 is 9.53 Å². The standard InChI is InChI=1S/C16H14N2O3S/c1-2-11-3-5-12(6-4-11)15(20)21-10-13-9-14(19)18-7-8-22-16(18)17-13/h3-9H,2,10H2,1H3. The molecule has 22 heavy (non-hydrogen) atoms. The van der Waals surface area contributed by atoms with Gasteiger partial charge in [-0.2, -0.15) is 0 Å². The highest BCUT2D eigenvalue weighted by molar-refractivity contribution is 7.15. The van der Waals surface area contributed by atoms with Crippen molar-refractivity contribution >= 4 is 22.3 Å². The fraction of sp³-hybridized carbons (Fsp3) is 0.188. The first-order chi connectivity index (χ1) is 10.7. The number of rotatable bonds is 4. The maximum Gasteiger partial charge on any atom is 0.338 e. The predicted molar refractivity (Wildman–Crippen MR) is 84.3 cm³/mol. The number of esters is 1. The summed E-state index contributed by atoms with van der Waals surface area (Å²) < 4.78 is 6.68. The molecule has 112 valence electrons. The van der Waals surface area contributed by atoms with E-state index in [-0.39, 0.29) is 12.2 Å². The van der Waals surface area contributed by atoms with Crippen molar-refractivity contribution in [2.75, 3.05) is 0 Å². The van der Waals surface area contributed by atoms with Crippen molar-refractivity contribution in [3.8, 4) is 0 Å². The third kappa shape index (κ3) is 2.92. The number of hydrogen-bond acceptors (Lipinski definition) is 5. The van der Waals surface area contributed by atoms with Crippen molar-refractivity contribution in [3.05, 3.63) is 69.1 Å². The molecule has 5 nitrogen and oxygen atoms in total. The van der Waals surface area contributed by atoms with Crippen LogP contribution in [-0.4, -0.2) is 15.4 Å². The van der Waals surface area contributed by atoms with Gasteiger partial charge in [-0.15, -0.1) is 11.3 Å². The molecule has 0 fully saturated rings. The molecule has 0 amide bonds. The number of thiazole rings is 1. The second-order valence-corrected chi connectivity index (χ2v) is 5.64. The summed E-state index contributed by atoms with van der Waals surface area (Å²) in [6, 6.07) is 8.67. The van der Waals surface area contributed by atoms with Gasteiger partial charge in [-0.3, -0.25) is 9.20 Å². The molecule has 0 unspecified atom stereocenters. The van der Waals surface area contributed by atoms with E-state index >= 15 is 0 Å². The van der Waals surface area contributed by atoms with Gasteiger partial charge in [0.1, 0.15) is 6.61 Å². The molecular formula is C16H14N2O3S. The first-order valence-electron chi connectivity index (χ1n) is 6.89. The van der Waals surface area contributed by atoms with Gasteiger partial charge >= 0.3 is 5.97 Å². The molecule has 0 atom stereocenters. The maximum atomic E-state index is 12.0. The molecule has 0 aliphatic carbocycles. The Morgan fingerprint density at radius 1 is 1.32 bits per heavy atom. The van der Waals surface area contributed by atoms with Crippen molar-refractivity contribution in [2.24, 2.45) is 0 Å². The Hall–Kier alpha value is -2.47. The zero-order valence-corrected chi connectivity index (χ0v) is 12.8. The molecular weight excluding hydrogens is 300 g/mol. The number of carbonyl (C=O) groups is 1. The van der Waals surface area contributed by atoms with Crippen molar-refractivity contribution in [1.29, 1.82) is 0 Å². The predicted octanol–water partition coefficient (Wildman–Crippen LogP) is 2.68. The first-order valence-corrected chi connectivity index (χ1v) is 7.77. The van der Waals surface area contributed by atoms with Crippen LogP contribution in [0.3, 0.4) is 0 Å². The Balaban J connectivity index is 1.72. The Morgan fingerprint density at radius 3 is 2.82 bits per heavy atom. The van der Waals surface area contributed by atoms with E-state index in [1.165, 1.54) is 21.8 Å². The lowest BCUT2D eigenvalue weighted by atomic mass is 10.1. The van der Waals surface area contributed by atoms with Gasteiger partial charge in [-0.05, 0) is 24.1 Å². The molecule has 0 saturated carbocycles. The Kier molecular flexibility index (Phi) is 4.02. The van der Waals surface area contributed by atoms with Gasteiger partial charge < -0.3 is 4.74 Å². The third-order valence-electron chi connectivity index (χ3n) is 3.31. The number of carbonyl (C=O) groups excluding carboxylic acids is 1. The lowest BCUT2D eigenvalue weighted by Gasteiger charge is -2.05. The number of nitrogens with zero attached hydrogens (tertiary/aromatic N) is 2. The van der Waals surface area contributed by atoms with E-state index < -0.39 is 5.97 Å². The van der Waals surface area contributed by atoms with E-state index in [9.17, 15) is 9.59 Å². The Bertz CT molecular complexity index is 865. The van der Waals surface area contributed by atoms with Gasteiger partial charge in [0.2, 0.25) is 0 Å². The fourth-order valence-corrected chi connectivity index (χ4v) is 2.80. The molecule has 0 aliphatic rings. The largest absolute Gasteiger partial charge is 0.456 e. The molecule has 3 aromatic rings. The van der Waals surface area contributed by atoms with Gasteiger partial charge in [-0.1, -0.05) is 19.1 Å². The number of fused-ring (bicyclic) bond motifs is 1. The van der Waals surface area contributed by atoms with E-state index in [4.69, 9.17) is 4.74 Å². The number of aromatic nitrogens is 2. The van der Waals surface area contributed by atoms with Gasteiger partial charge in [0.25, 0.3) is 5.56 Å². The average molecular weight is 314 g/mol. The zero-order valence-electron chi connectivity index (χ0n) is 12.0. The van der Waals surface area contributed by atoms with Crippen LogP contribution in [0.25, 0.3) is 4.96 Å². The molecule has 0 radical (unpaired) electrons. The molecule has 0 spiro atoms. The van der Waals surface area contributed by atoms with Crippen LogP contribution >= 0.6 is 11.3 Å². The minimum Gasteiger partial charge on any atom is -0.456 e. The minimum atomic E-state index is -0.421. The molecule has 6 heteroatoms. The summed E-state index contributed by atoms with van der Waals surface area (Å²) >= 11 is 1.36. The van der Waals surface area contributed by atoms with Gasteiger partial charge in [0.15, 0.2) is 4.96 Å². The lowest BCUT2D eigenvalue weighted by molar-refractivity contribution is 0.0468. The van der Waals surface area contributed by atoms with Crippen LogP contribution in [0.5, 0.6) is 0 Å². The topological polar surface area (TPSA) is 60.7 Å². The molecule has 2 aromatic heterocycles. The van der Waals surface area contributed by atoms with E-state index in [1.54, 1.807) is 23.7 Å². The second-order valence-electron chi connectivity index (χ2n) is 4.77. The first kappa shape index (κ1) is 14.5. The quantitative estimate of drug-likeness (QED) is 0.695. The highest BCUT2D eigenvalue weighted by Gasteiger charge is 2.09. The maximum absolute atomic E-state index is 12.0. The van der Waals surface area contributed by atoms with E-state index in [0.717, 1.165) is 12.0 Å². The second kappa shape index (κ2) is 6.11. The van der Waals surface area contributed by atoms with Crippen LogP contribution in [0, 0.1) is 0 Å². The number of ether oxygens (including phenoxy) is 1. The van der Waals surface area contributed by atoms with Crippen LogP contribution in [0.4, 0.5) is 0 Å². The van der Waals surface area contributed by atoms with Crippen molar-refractivity contribution in [3.63, 3.8) is 0 Å². The lowest BCUT2D eigenvalue weighted by Crippen LogP contribution is -2.14. The molecule has 0 bridgehead atoms. The Labute approximate surface area is 130 Å². The van der Waals surface area contributed by atoms with Crippen LogP contribution in [0.2, 0.25) is 0 Å². The van der Waals surface area contributed by atoms with Crippen molar-refractivity contribution in [1.82, 2.24) is 9.38 Å². The molecule has 1 aromatic carbocycles. The normalized spacial score (nSPS) is 10.8. The van der Waals surface area contributed by atoms with Crippen LogP contribution in [0.1, 0.15) is 28.5 Å². The number of aryl methyl sites for hydroxylation is 1. The van der Waals surface area contributed by atoms with Gasteiger partial charge in [0.05, 0.1) is 11.3 Å². The summed E-state index contributed by atoms with van der Waals surface area (Å²) in [5.74, 6) is -0.421. The summed E-state index contributed by atoms with van der Waals surface area (Å²) in [6.07, 6.45) is 2.59.